The largest absolute Gasteiger partial charge is 0.484 e. The molecule has 5 heteroatoms. The Morgan fingerprint density at radius 3 is 2.00 bits per heavy atom. The third kappa shape index (κ3) is 10.9. The first-order chi connectivity index (χ1) is 8.82. The fourth-order valence-corrected chi connectivity index (χ4v) is 1.37. The van der Waals surface area contributed by atoms with Crippen LogP contribution >= 0.6 is 12.2 Å². The minimum atomic E-state index is -1.06. The van der Waals surface area contributed by atoms with Gasteiger partial charge in [0.25, 0.3) is 0 Å². The predicted octanol–water partition coefficient (Wildman–Crippen LogP) is 2.72. The number of hydrogen-bond donors (Lipinski definition) is 1. The molecule has 4 nitrogen and oxygen atoms in total. The number of aliphatic hydroxyl groups is 1. The van der Waals surface area contributed by atoms with Crippen LogP contribution in [0.4, 0.5) is 0 Å². The molecule has 0 radical (unpaired) electrons. The molecule has 1 atom stereocenters. The summed E-state index contributed by atoms with van der Waals surface area (Å²) in [5.41, 5.74) is 0. The first-order valence-corrected chi connectivity index (χ1v) is 7.24. The van der Waals surface area contributed by atoms with Gasteiger partial charge in [-0.05, 0) is 36.9 Å². The zero-order valence-corrected chi connectivity index (χ0v) is 13.2. The molecule has 0 bridgehead atoms. The van der Waals surface area contributed by atoms with Crippen molar-refractivity contribution in [3.8, 4) is 0 Å². The molecule has 0 amide bonds. The molecule has 0 fully saturated rings. The smallest absolute Gasteiger partial charge is 0.308 e. The summed E-state index contributed by atoms with van der Waals surface area (Å²) in [6.45, 7) is 9.12. The molecule has 0 spiro atoms. The molecule has 112 valence electrons. The highest BCUT2D eigenvalue weighted by Gasteiger charge is 2.18. The fourth-order valence-electron chi connectivity index (χ4n) is 1.20. The first kappa shape index (κ1) is 18.3. The van der Waals surface area contributed by atoms with Crippen molar-refractivity contribution < 1.29 is 19.4 Å². The number of rotatable bonds is 9. The minimum Gasteiger partial charge on any atom is -0.484 e. The van der Waals surface area contributed by atoms with E-state index in [9.17, 15) is 9.90 Å². The first-order valence-electron chi connectivity index (χ1n) is 6.83. The molecule has 0 heterocycles. The molecule has 0 saturated carbocycles. The Bertz CT molecular complexity index is 277. The van der Waals surface area contributed by atoms with Gasteiger partial charge in [0.1, 0.15) is 6.10 Å². The van der Waals surface area contributed by atoms with Gasteiger partial charge in [-0.25, -0.2) is 0 Å². The third-order valence-corrected chi connectivity index (χ3v) is 2.92. The van der Waals surface area contributed by atoms with Crippen LogP contribution in [0.25, 0.3) is 0 Å². The Labute approximate surface area is 121 Å². The summed E-state index contributed by atoms with van der Waals surface area (Å²) in [7, 11) is 0. The van der Waals surface area contributed by atoms with Crippen molar-refractivity contribution in [2.24, 2.45) is 11.8 Å². The van der Waals surface area contributed by atoms with Crippen LogP contribution in [0, 0.1) is 11.8 Å². The van der Waals surface area contributed by atoms with E-state index in [0.29, 0.717) is 25.0 Å². The van der Waals surface area contributed by atoms with E-state index in [1.807, 2.05) is 0 Å². The normalized spacial score (nSPS) is 12.6. The van der Waals surface area contributed by atoms with Gasteiger partial charge in [0.05, 0.1) is 19.6 Å². The highest BCUT2D eigenvalue weighted by molar-refractivity contribution is 7.80. The SMILES string of the molecule is CC(C)CCOC(=O)CC(O)C(=S)OCCC(C)C. The van der Waals surface area contributed by atoms with Crippen molar-refractivity contribution in [3.63, 3.8) is 0 Å². The Morgan fingerprint density at radius 1 is 1.05 bits per heavy atom. The molecule has 0 aliphatic carbocycles. The van der Waals surface area contributed by atoms with Crippen molar-refractivity contribution >= 4 is 23.2 Å². The lowest BCUT2D eigenvalue weighted by Gasteiger charge is -2.14. The van der Waals surface area contributed by atoms with Crippen LogP contribution in [0.5, 0.6) is 0 Å². The summed E-state index contributed by atoms with van der Waals surface area (Å²) in [6.07, 6.45) is 0.482. The van der Waals surface area contributed by atoms with Crippen molar-refractivity contribution in [1.29, 1.82) is 0 Å². The second kappa shape index (κ2) is 10.1. The zero-order valence-electron chi connectivity index (χ0n) is 12.3. The maximum absolute atomic E-state index is 11.4. The molecule has 1 unspecified atom stereocenters. The maximum Gasteiger partial charge on any atom is 0.308 e. The van der Waals surface area contributed by atoms with Crippen LogP contribution in [-0.2, 0) is 14.3 Å². The molecule has 0 aliphatic heterocycles. The molecule has 0 aromatic heterocycles. The van der Waals surface area contributed by atoms with E-state index < -0.39 is 12.1 Å². The molecular formula is C14H26O4S. The predicted molar refractivity (Wildman–Crippen MR) is 79.0 cm³/mol. The second-order valence-electron chi connectivity index (χ2n) is 5.47. The summed E-state index contributed by atoms with van der Waals surface area (Å²) in [6, 6.07) is 0. The van der Waals surface area contributed by atoms with Gasteiger partial charge in [-0.3, -0.25) is 4.79 Å². The third-order valence-electron chi connectivity index (χ3n) is 2.53. The summed E-state index contributed by atoms with van der Waals surface area (Å²) < 4.78 is 10.2. The molecule has 19 heavy (non-hydrogen) atoms. The summed E-state index contributed by atoms with van der Waals surface area (Å²) in [4.78, 5) is 11.4. The van der Waals surface area contributed by atoms with Crippen LogP contribution in [0.15, 0.2) is 0 Å². The van der Waals surface area contributed by atoms with Crippen LogP contribution in [0.1, 0.15) is 47.0 Å². The Hall–Kier alpha value is -0.680. The van der Waals surface area contributed by atoms with E-state index in [0.717, 1.165) is 12.8 Å². The quantitative estimate of drug-likeness (QED) is 0.522. The molecular weight excluding hydrogens is 264 g/mol. The maximum atomic E-state index is 11.4. The second-order valence-corrected chi connectivity index (χ2v) is 5.88. The minimum absolute atomic E-state index is 0.0708. The zero-order chi connectivity index (χ0) is 14.8. The van der Waals surface area contributed by atoms with E-state index in [1.54, 1.807) is 0 Å². The number of thiocarbonyl (C=S) groups is 1. The highest BCUT2D eigenvalue weighted by atomic mass is 32.1. The van der Waals surface area contributed by atoms with Crippen molar-refractivity contribution in [2.75, 3.05) is 13.2 Å². The van der Waals surface area contributed by atoms with E-state index in [-0.39, 0.29) is 11.5 Å². The number of ether oxygens (including phenoxy) is 2. The number of hydrogen-bond acceptors (Lipinski definition) is 5. The monoisotopic (exact) mass is 290 g/mol. The lowest BCUT2D eigenvalue weighted by atomic mass is 10.1. The van der Waals surface area contributed by atoms with E-state index in [4.69, 9.17) is 21.7 Å². The van der Waals surface area contributed by atoms with E-state index in [1.165, 1.54) is 0 Å². The molecule has 0 rings (SSSR count). The van der Waals surface area contributed by atoms with Gasteiger partial charge in [-0.2, -0.15) is 0 Å². The summed E-state index contributed by atoms with van der Waals surface area (Å²) in [5, 5.41) is 9.77. The van der Waals surface area contributed by atoms with Crippen molar-refractivity contribution in [2.45, 2.75) is 53.1 Å². The van der Waals surface area contributed by atoms with Gasteiger partial charge >= 0.3 is 5.97 Å². The number of carbonyl (C=O) groups is 1. The summed E-state index contributed by atoms with van der Waals surface area (Å²) in [5.74, 6) is 0.557. The topological polar surface area (TPSA) is 55.8 Å². The molecule has 0 aromatic carbocycles. The number of esters is 1. The molecule has 0 aromatic rings. The molecule has 0 aliphatic rings. The highest BCUT2D eigenvalue weighted by Crippen LogP contribution is 2.05. The van der Waals surface area contributed by atoms with Crippen LogP contribution in [0.3, 0.4) is 0 Å². The summed E-state index contributed by atoms with van der Waals surface area (Å²) >= 11 is 4.92. The van der Waals surface area contributed by atoms with Crippen molar-refractivity contribution in [3.05, 3.63) is 0 Å². The van der Waals surface area contributed by atoms with Gasteiger partial charge in [0.15, 0.2) is 5.05 Å². The van der Waals surface area contributed by atoms with Gasteiger partial charge in [-0.1, -0.05) is 27.7 Å². The average Bonchev–Trinajstić information content (AvgIpc) is 2.27. The van der Waals surface area contributed by atoms with Crippen LogP contribution in [0.2, 0.25) is 0 Å². The number of carbonyl (C=O) groups excluding carboxylic acids is 1. The molecule has 0 saturated heterocycles. The lowest BCUT2D eigenvalue weighted by Crippen LogP contribution is -2.26. The average molecular weight is 290 g/mol. The standard InChI is InChI=1S/C14H26O4S/c1-10(2)5-7-17-13(16)9-12(15)14(19)18-8-6-11(3)4/h10-12,15H,5-9H2,1-4H3. The van der Waals surface area contributed by atoms with Gasteiger partial charge < -0.3 is 14.6 Å². The Balaban J connectivity index is 3.78. The van der Waals surface area contributed by atoms with E-state index in [2.05, 4.69) is 27.7 Å². The number of aliphatic hydroxyl groups excluding tert-OH is 1. The van der Waals surface area contributed by atoms with Gasteiger partial charge in [0.2, 0.25) is 0 Å². The van der Waals surface area contributed by atoms with Crippen LogP contribution < -0.4 is 0 Å². The Kier molecular flexibility index (Phi) is 9.79. The van der Waals surface area contributed by atoms with Crippen LogP contribution in [-0.4, -0.2) is 35.4 Å². The van der Waals surface area contributed by atoms with E-state index >= 15 is 0 Å². The van der Waals surface area contributed by atoms with Crippen molar-refractivity contribution in [1.82, 2.24) is 0 Å². The van der Waals surface area contributed by atoms with Gasteiger partial charge in [-0.15, -0.1) is 0 Å². The Morgan fingerprint density at radius 2 is 1.53 bits per heavy atom. The molecule has 1 N–H and O–H groups in total. The van der Waals surface area contributed by atoms with Gasteiger partial charge in [0, 0.05) is 0 Å². The lowest BCUT2D eigenvalue weighted by molar-refractivity contribution is -0.145. The fraction of sp³-hybridized carbons (Fsp3) is 0.857.